The number of rotatable bonds is 2. The fourth-order valence-electron chi connectivity index (χ4n) is 1.84. The molecule has 0 radical (unpaired) electrons. The lowest BCUT2D eigenvalue weighted by Crippen LogP contribution is -2.44. The molecule has 1 aromatic rings. The normalized spacial score (nSPS) is 23.2. The van der Waals surface area contributed by atoms with Crippen LogP contribution >= 0.6 is 0 Å². The molecule has 1 aromatic carbocycles. The Balaban J connectivity index is 2.46. The molecular weight excluding hydrogens is 220 g/mol. The summed E-state index contributed by atoms with van der Waals surface area (Å²) >= 11 is 0. The molecule has 2 unspecified atom stereocenters. The van der Waals surface area contributed by atoms with Crippen molar-refractivity contribution < 1.29 is 19.4 Å². The lowest BCUT2D eigenvalue weighted by molar-refractivity contribution is -0.561. The van der Waals surface area contributed by atoms with Crippen molar-refractivity contribution in [3.63, 3.8) is 0 Å². The topological polar surface area (TPSA) is 64.7 Å². The van der Waals surface area contributed by atoms with Crippen molar-refractivity contribution in [2.24, 2.45) is 5.28 Å². The summed E-state index contributed by atoms with van der Waals surface area (Å²) in [4.78, 5) is 16.1. The first-order valence-corrected chi connectivity index (χ1v) is 5.40. The van der Waals surface area contributed by atoms with Gasteiger partial charge in [-0.25, -0.2) is 0 Å². The summed E-state index contributed by atoms with van der Waals surface area (Å²) in [6.45, 7) is 5.22. The molecule has 0 bridgehead atoms. The first-order valence-electron chi connectivity index (χ1n) is 5.40. The number of benzene rings is 1. The van der Waals surface area contributed by atoms with E-state index >= 15 is 0 Å². The van der Waals surface area contributed by atoms with E-state index in [1.165, 1.54) is 11.6 Å². The zero-order chi connectivity index (χ0) is 12.6. The molecule has 0 amide bonds. The van der Waals surface area contributed by atoms with Gasteiger partial charge in [0.2, 0.25) is 11.5 Å². The summed E-state index contributed by atoms with van der Waals surface area (Å²) in [5.41, 5.74) is 2.73. The average molecular weight is 234 g/mol. The van der Waals surface area contributed by atoms with Gasteiger partial charge in [0.25, 0.3) is 6.04 Å². The maximum atomic E-state index is 11.5. The molecule has 0 fully saturated rings. The fraction of sp³-hybridized carbons (Fsp3) is 0.417. The van der Waals surface area contributed by atoms with E-state index in [-0.39, 0.29) is 5.78 Å². The first-order chi connectivity index (χ1) is 8.00. The van der Waals surface area contributed by atoms with Crippen LogP contribution < -0.4 is 5.11 Å². The summed E-state index contributed by atoms with van der Waals surface area (Å²) in [5.74, 6) is -0.243. The lowest BCUT2D eigenvalue weighted by Gasteiger charge is -2.14. The fourth-order valence-corrected chi connectivity index (χ4v) is 1.84. The summed E-state index contributed by atoms with van der Waals surface area (Å²) < 4.78 is 1.38. The van der Waals surface area contributed by atoms with Gasteiger partial charge in [-0.05, 0) is 24.1 Å². The number of hydrogen-bond acceptors (Lipinski definition) is 4. The number of ketones is 1. The van der Waals surface area contributed by atoms with Crippen molar-refractivity contribution in [2.45, 2.75) is 33.1 Å². The van der Waals surface area contributed by atoms with Gasteiger partial charge in [-0.15, -0.1) is 0 Å². The van der Waals surface area contributed by atoms with Crippen molar-refractivity contribution in [1.29, 1.82) is 0 Å². The highest BCUT2D eigenvalue weighted by molar-refractivity contribution is 5.80. The van der Waals surface area contributed by atoms with Gasteiger partial charge in [-0.1, -0.05) is 12.1 Å². The van der Waals surface area contributed by atoms with Gasteiger partial charge in [0.1, 0.15) is 6.29 Å². The second-order valence-corrected chi connectivity index (χ2v) is 4.25. The Morgan fingerprint density at radius 2 is 2.18 bits per heavy atom. The molecule has 1 aliphatic rings. The quantitative estimate of drug-likeness (QED) is 0.717. The van der Waals surface area contributed by atoms with Gasteiger partial charge in [0.05, 0.1) is 0 Å². The van der Waals surface area contributed by atoms with E-state index in [4.69, 9.17) is 0 Å². The molecule has 2 atom stereocenters. The number of Topliss-reactive ketones (excluding diaryl/α,β-unsaturated/α-hetero) is 1. The molecular formula is C12H14N2O3. The van der Waals surface area contributed by atoms with Gasteiger partial charge in [-0.2, -0.15) is 0 Å². The van der Waals surface area contributed by atoms with Crippen LogP contribution in [0.3, 0.4) is 0 Å². The Labute approximate surface area is 99.3 Å². The summed E-state index contributed by atoms with van der Waals surface area (Å²) in [7, 11) is 0. The molecule has 0 saturated heterocycles. The molecule has 0 saturated carbocycles. The van der Waals surface area contributed by atoms with Gasteiger partial charge in [0, 0.05) is 18.6 Å². The molecule has 90 valence electrons. The number of nitrogens with zero attached hydrogens (tertiary/aromatic N) is 2. The molecule has 0 aliphatic carbocycles. The van der Waals surface area contributed by atoms with Crippen molar-refractivity contribution in [1.82, 2.24) is 0 Å². The van der Waals surface area contributed by atoms with Crippen LogP contribution in [0.5, 0.6) is 0 Å². The summed E-state index contributed by atoms with van der Waals surface area (Å²) in [5, 5.41) is 15.2. The molecule has 5 nitrogen and oxygen atoms in total. The Hall–Kier alpha value is -1.75. The third kappa shape index (κ3) is 2.06. The minimum atomic E-state index is -1.45. The number of carbonyl (C=O) groups excluding carboxylic acids is 1. The largest absolute Gasteiger partial charge is 0.814 e. The molecule has 17 heavy (non-hydrogen) atoms. The molecule has 5 heteroatoms. The third-order valence-electron chi connectivity index (χ3n) is 2.79. The van der Waals surface area contributed by atoms with Crippen LogP contribution in [-0.2, 0) is 9.63 Å². The zero-order valence-electron chi connectivity index (χ0n) is 10.0. The van der Waals surface area contributed by atoms with Gasteiger partial charge < -0.3 is 9.94 Å². The Bertz CT molecular complexity index is 497. The number of carbonyl (C=O) groups is 1. The highest BCUT2D eigenvalue weighted by atomic mass is 16.7. The van der Waals surface area contributed by atoms with Gasteiger partial charge >= 0.3 is 0 Å². The van der Waals surface area contributed by atoms with E-state index in [1.807, 2.05) is 32.0 Å². The Morgan fingerprint density at radius 1 is 1.47 bits per heavy atom. The van der Waals surface area contributed by atoms with E-state index in [9.17, 15) is 9.90 Å². The number of hydrogen-bond donors (Lipinski definition) is 0. The highest BCUT2D eigenvalue weighted by Crippen LogP contribution is 2.26. The first kappa shape index (κ1) is 11.7. The van der Waals surface area contributed by atoms with Crippen molar-refractivity contribution >= 4 is 11.5 Å². The van der Waals surface area contributed by atoms with Crippen molar-refractivity contribution in [3.8, 4) is 0 Å². The standard InChI is InChI=1S/C12H14N2O3/c1-7-4-5-8(2)10(6-7)14-11(9(3)15)12(16)17-13-14/h4-6,11-12H,1-3H3. The average Bonchev–Trinajstić information content (AvgIpc) is 2.64. The highest BCUT2D eigenvalue weighted by Gasteiger charge is 2.40. The van der Waals surface area contributed by atoms with E-state index in [1.54, 1.807) is 0 Å². The van der Waals surface area contributed by atoms with Crippen LogP contribution in [0.25, 0.3) is 0 Å². The number of aryl methyl sites for hydroxylation is 2. The second kappa shape index (κ2) is 4.25. The van der Waals surface area contributed by atoms with Crippen LogP contribution in [0, 0.1) is 13.8 Å². The molecule has 0 aromatic heterocycles. The Morgan fingerprint density at radius 3 is 2.82 bits per heavy atom. The second-order valence-electron chi connectivity index (χ2n) is 4.25. The van der Waals surface area contributed by atoms with E-state index in [2.05, 4.69) is 10.1 Å². The Kier molecular flexibility index (Phi) is 2.93. The van der Waals surface area contributed by atoms with Gasteiger partial charge in [0.15, 0.2) is 5.28 Å². The predicted octanol–water partition coefficient (Wildman–Crippen LogP) is 0.989. The summed E-state index contributed by atoms with van der Waals surface area (Å²) in [6, 6.07) is 4.90. The lowest BCUT2D eigenvalue weighted by atomic mass is 10.1. The molecule has 0 N–H and O–H groups in total. The molecule has 1 heterocycles. The molecule has 2 rings (SSSR count). The molecule has 0 spiro atoms. The summed E-state index contributed by atoms with van der Waals surface area (Å²) in [6.07, 6.45) is -1.45. The maximum Gasteiger partial charge on any atom is 0.269 e. The van der Waals surface area contributed by atoms with Crippen molar-refractivity contribution in [3.05, 3.63) is 29.3 Å². The maximum absolute atomic E-state index is 11.5. The van der Waals surface area contributed by atoms with Crippen LogP contribution in [0.2, 0.25) is 0 Å². The van der Waals surface area contributed by atoms with Crippen LogP contribution in [0.4, 0.5) is 5.69 Å². The van der Waals surface area contributed by atoms with E-state index < -0.39 is 12.3 Å². The third-order valence-corrected chi connectivity index (χ3v) is 2.79. The van der Waals surface area contributed by atoms with Crippen LogP contribution in [0.15, 0.2) is 23.5 Å². The monoisotopic (exact) mass is 234 g/mol. The van der Waals surface area contributed by atoms with Gasteiger partial charge in [-0.3, -0.25) is 4.79 Å². The van der Waals surface area contributed by atoms with Crippen LogP contribution in [0.1, 0.15) is 18.1 Å². The predicted molar refractivity (Wildman–Crippen MR) is 57.6 cm³/mol. The minimum absolute atomic E-state index is 0.243. The van der Waals surface area contributed by atoms with Crippen molar-refractivity contribution in [2.75, 3.05) is 0 Å². The van der Waals surface area contributed by atoms with E-state index in [0.717, 1.165) is 16.8 Å². The SMILES string of the molecule is CC(=O)C1C([O-])ON=[N+]1c1cc(C)ccc1C. The molecule has 1 aliphatic heterocycles. The zero-order valence-corrected chi connectivity index (χ0v) is 10.0. The smallest absolute Gasteiger partial charge is 0.269 e. The van der Waals surface area contributed by atoms with Crippen LogP contribution in [-0.4, -0.2) is 22.8 Å². The minimum Gasteiger partial charge on any atom is -0.814 e. The van der Waals surface area contributed by atoms with E-state index in [0.29, 0.717) is 0 Å².